The zero-order valence-electron chi connectivity index (χ0n) is 19.3. The van der Waals surface area contributed by atoms with Crippen LogP contribution in [0, 0.1) is 0 Å². The van der Waals surface area contributed by atoms with E-state index >= 15 is 0 Å². The first-order chi connectivity index (χ1) is 16.4. The van der Waals surface area contributed by atoms with Gasteiger partial charge in [0, 0.05) is 48.6 Å². The van der Waals surface area contributed by atoms with E-state index in [1.165, 1.54) is 0 Å². The molecule has 4 rings (SSSR count). The van der Waals surface area contributed by atoms with Crippen LogP contribution in [0.3, 0.4) is 0 Å². The van der Waals surface area contributed by atoms with Crippen molar-refractivity contribution in [2.24, 2.45) is 0 Å². The predicted molar refractivity (Wildman–Crippen MR) is 129 cm³/mol. The number of aromatic nitrogens is 1. The molecular formula is C26H28ClN3O4. The Kier molecular flexibility index (Phi) is 7.65. The molecule has 1 N–H and O–H groups in total. The molecule has 178 valence electrons. The first-order valence-electron chi connectivity index (χ1n) is 11.4. The van der Waals surface area contributed by atoms with E-state index in [1.54, 1.807) is 30.5 Å². The predicted octanol–water partition coefficient (Wildman–Crippen LogP) is 4.49. The molecule has 8 heteroatoms. The normalized spacial score (nSPS) is 18.0. The highest BCUT2D eigenvalue weighted by Gasteiger charge is 2.26. The maximum Gasteiger partial charge on any atom is 0.254 e. The van der Waals surface area contributed by atoms with Gasteiger partial charge in [-0.2, -0.15) is 0 Å². The molecule has 7 nitrogen and oxygen atoms in total. The number of rotatable bonds is 7. The van der Waals surface area contributed by atoms with Gasteiger partial charge in [0.25, 0.3) is 5.91 Å². The fourth-order valence-electron chi connectivity index (χ4n) is 3.97. The van der Waals surface area contributed by atoms with Crippen LogP contribution >= 0.6 is 11.6 Å². The molecule has 1 aliphatic rings. The van der Waals surface area contributed by atoms with Crippen LogP contribution in [-0.4, -0.2) is 47.0 Å². The number of oxazole rings is 1. The van der Waals surface area contributed by atoms with E-state index in [9.17, 15) is 9.59 Å². The van der Waals surface area contributed by atoms with E-state index in [-0.39, 0.29) is 30.4 Å². The Morgan fingerprint density at radius 3 is 2.41 bits per heavy atom. The highest BCUT2D eigenvalue weighted by Crippen LogP contribution is 2.22. The summed E-state index contributed by atoms with van der Waals surface area (Å²) in [5, 5.41) is 3.56. The standard InChI is InChI=1S/C26H28ClN3O4/c1-17-15-30(16-18(2)33-17)26(32)21-5-3-19(4-6-21)13-28-24(31)11-12-25-29-14-23(34-25)20-7-9-22(27)10-8-20/h3-10,14,17-18H,11-13,15-16H2,1-2H3,(H,28,31). The van der Waals surface area contributed by atoms with Crippen molar-refractivity contribution >= 4 is 23.4 Å². The molecule has 0 bridgehead atoms. The van der Waals surface area contributed by atoms with Crippen LogP contribution in [0.25, 0.3) is 11.3 Å². The third-order valence-electron chi connectivity index (χ3n) is 5.65. The fraction of sp³-hybridized carbons (Fsp3) is 0.346. The van der Waals surface area contributed by atoms with Gasteiger partial charge in [-0.1, -0.05) is 23.7 Å². The number of morpholine rings is 1. The van der Waals surface area contributed by atoms with Crippen LogP contribution in [0.15, 0.2) is 59.1 Å². The minimum atomic E-state index is -0.0947. The number of carbonyl (C=O) groups is 2. The van der Waals surface area contributed by atoms with Gasteiger partial charge in [0.15, 0.2) is 11.7 Å². The number of amides is 2. The molecule has 1 saturated heterocycles. The first-order valence-corrected chi connectivity index (χ1v) is 11.8. The summed E-state index contributed by atoms with van der Waals surface area (Å²) in [6.45, 7) is 5.52. The highest BCUT2D eigenvalue weighted by molar-refractivity contribution is 6.30. The van der Waals surface area contributed by atoms with Gasteiger partial charge < -0.3 is 19.4 Å². The molecule has 2 unspecified atom stereocenters. The first kappa shape index (κ1) is 24.0. The number of nitrogens with zero attached hydrogens (tertiary/aromatic N) is 2. The lowest BCUT2D eigenvalue weighted by Crippen LogP contribution is -2.48. The van der Waals surface area contributed by atoms with Gasteiger partial charge in [-0.3, -0.25) is 9.59 Å². The van der Waals surface area contributed by atoms with Crippen LogP contribution in [0.1, 0.15) is 42.1 Å². The summed E-state index contributed by atoms with van der Waals surface area (Å²) in [4.78, 5) is 31.1. The van der Waals surface area contributed by atoms with Crippen LogP contribution in [0.2, 0.25) is 5.02 Å². The summed E-state index contributed by atoms with van der Waals surface area (Å²) < 4.78 is 11.4. The summed E-state index contributed by atoms with van der Waals surface area (Å²) in [5.74, 6) is 1.06. The second-order valence-corrected chi connectivity index (χ2v) is 9.00. The summed E-state index contributed by atoms with van der Waals surface area (Å²) >= 11 is 5.91. The van der Waals surface area contributed by atoms with Crippen molar-refractivity contribution < 1.29 is 18.7 Å². The maximum absolute atomic E-state index is 12.8. The van der Waals surface area contributed by atoms with E-state index in [0.717, 1.165) is 11.1 Å². The second kappa shape index (κ2) is 10.8. The Bertz CT molecular complexity index is 1120. The Morgan fingerprint density at radius 2 is 1.74 bits per heavy atom. The quantitative estimate of drug-likeness (QED) is 0.537. The summed E-state index contributed by atoms with van der Waals surface area (Å²) in [6.07, 6.45) is 2.39. The molecule has 1 fully saturated rings. The molecular weight excluding hydrogens is 454 g/mol. The molecule has 2 heterocycles. The Labute approximate surface area is 204 Å². The molecule has 2 aromatic carbocycles. The summed E-state index contributed by atoms with van der Waals surface area (Å²) in [5.41, 5.74) is 2.44. The smallest absolute Gasteiger partial charge is 0.254 e. The van der Waals surface area contributed by atoms with Gasteiger partial charge in [0.2, 0.25) is 5.91 Å². The largest absolute Gasteiger partial charge is 0.441 e. The number of halogens is 1. The minimum absolute atomic E-state index is 0.00139. The van der Waals surface area contributed by atoms with E-state index in [1.807, 2.05) is 43.0 Å². The number of aryl methyl sites for hydroxylation is 1. The van der Waals surface area contributed by atoms with Gasteiger partial charge in [0.1, 0.15) is 0 Å². The zero-order chi connectivity index (χ0) is 24.1. The van der Waals surface area contributed by atoms with Crippen molar-refractivity contribution in [3.63, 3.8) is 0 Å². The third-order valence-corrected chi connectivity index (χ3v) is 5.90. The number of carbonyl (C=O) groups excluding carboxylic acids is 2. The van der Waals surface area contributed by atoms with Gasteiger partial charge in [-0.25, -0.2) is 4.98 Å². The average Bonchev–Trinajstić information content (AvgIpc) is 3.30. The van der Waals surface area contributed by atoms with Crippen molar-refractivity contribution in [1.82, 2.24) is 15.2 Å². The minimum Gasteiger partial charge on any atom is -0.441 e. The molecule has 34 heavy (non-hydrogen) atoms. The van der Waals surface area contributed by atoms with Crippen molar-refractivity contribution in [3.05, 3.63) is 76.8 Å². The van der Waals surface area contributed by atoms with Gasteiger partial charge in [-0.15, -0.1) is 0 Å². The number of ether oxygens (including phenoxy) is 1. The third kappa shape index (κ3) is 6.24. The van der Waals surface area contributed by atoms with Crippen LogP contribution in [0.4, 0.5) is 0 Å². The molecule has 1 aromatic heterocycles. The molecule has 2 atom stereocenters. The Hall–Kier alpha value is -3.16. The van der Waals surface area contributed by atoms with Crippen molar-refractivity contribution in [1.29, 1.82) is 0 Å². The van der Waals surface area contributed by atoms with E-state index in [4.69, 9.17) is 20.8 Å². The topological polar surface area (TPSA) is 84.7 Å². The zero-order valence-corrected chi connectivity index (χ0v) is 20.0. The number of nitrogens with one attached hydrogen (secondary N) is 1. The summed E-state index contributed by atoms with van der Waals surface area (Å²) in [6, 6.07) is 14.7. The SMILES string of the molecule is CC1CN(C(=O)c2ccc(CNC(=O)CCc3ncc(-c4ccc(Cl)cc4)o3)cc2)CC(C)O1. The van der Waals surface area contributed by atoms with E-state index in [2.05, 4.69) is 10.3 Å². The lowest BCUT2D eigenvalue weighted by atomic mass is 10.1. The maximum atomic E-state index is 12.8. The number of hydrogen-bond acceptors (Lipinski definition) is 5. The lowest BCUT2D eigenvalue weighted by molar-refractivity contribution is -0.121. The Balaban J connectivity index is 1.23. The highest BCUT2D eigenvalue weighted by atomic mass is 35.5. The van der Waals surface area contributed by atoms with Gasteiger partial charge in [0.05, 0.1) is 18.4 Å². The van der Waals surface area contributed by atoms with Crippen LogP contribution < -0.4 is 5.32 Å². The lowest BCUT2D eigenvalue weighted by Gasteiger charge is -2.35. The van der Waals surface area contributed by atoms with Crippen molar-refractivity contribution in [2.45, 2.75) is 45.4 Å². The van der Waals surface area contributed by atoms with Crippen molar-refractivity contribution in [3.8, 4) is 11.3 Å². The van der Waals surface area contributed by atoms with E-state index in [0.29, 0.717) is 48.3 Å². The molecule has 0 spiro atoms. The fourth-order valence-corrected chi connectivity index (χ4v) is 4.10. The molecule has 0 aliphatic carbocycles. The van der Waals surface area contributed by atoms with Gasteiger partial charge in [-0.05, 0) is 55.8 Å². The molecule has 1 aliphatic heterocycles. The van der Waals surface area contributed by atoms with Crippen LogP contribution in [-0.2, 0) is 22.5 Å². The van der Waals surface area contributed by atoms with E-state index < -0.39 is 0 Å². The molecule has 0 saturated carbocycles. The van der Waals surface area contributed by atoms with Crippen LogP contribution in [0.5, 0.6) is 0 Å². The Morgan fingerprint density at radius 1 is 1.06 bits per heavy atom. The number of hydrogen-bond donors (Lipinski definition) is 1. The monoisotopic (exact) mass is 481 g/mol. The number of benzene rings is 2. The molecule has 0 radical (unpaired) electrons. The van der Waals surface area contributed by atoms with Crippen molar-refractivity contribution in [2.75, 3.05) is 13.1 Å². The summed E-state index contributed by atoms with van der Waals surface area (Å²) in [7, 11) is 0. The second-order valence-electron chi connectivity index (χ2n) is 8.57. The van der Waals surface area contributed by atoms with Gasteiger partial charge >= 0.3 is 0 Å². The average molecular weight is 482 g/mol. The molecule has 3 aromatic rings. The molecule has 2 amide bonds.